The zero-order chi connectivity index (χ0) is 12.3. The van der Waals surface area contributed by atoms with E-state index in [2.05, 4.69) is 14.7 Å². The van der Waals surface area contributed by atoms with Crippen molar-refractivity contribution in [2.45, 2.75) is 31.8 Å². The van der Waals surface area contributed by atoms with Crippen LogP contribution in [0.5, 0.6) is 5.88 Å². The fourth-order valence-electron chi connectivity index (χ4n) is 1.88. The Kier molecular flexibility index (Phi) is 3.41. The zero-order valence-corrected chi connectivity index (χ0v) is 9.68. The molecule has 0 bridgehead atoms. The summed E-state index contributed by atoms with van der Waals surface area (Å²) in [6.45, 7) is 0. The van der Waals surface area contributed by atoms with Crippen LogP contribution in [-0.2, 0) is 4.74 Å². The second kappa shape index (κ2) is 4.99. The van der Waals surface area contributed by atoms with Crippen molar-refractivity contribution in [3.05, 3.63) is 11.8 Å². The standard InChI is InChI=1S/C11H15N3O3/c1-16-10(15)8-6-13-11(12)14-9(8)17-7-4-2-3-5-7/h6-7H,2-5H2,1H3,(H2,12,13,14). The van der Waals surface area contributed by atoms with Crippen LogP contribution in [0.3, 0.4) is 0 Å². The Bertz CT molecular complexity index is 416. The normalized spacial score (nSPS) is 15.8. The van der Waals surface area contributed by atoms with Crippen molar-refractivity contribution in [3.8, 4) is 5.88 Å². The largest absolute Gasteiger partial charge is 0.474 e. The van der Waals surface area contributed by atoms with Crippen molar-refractivity contribution < 1.29 is 14.3 Å². The summed E-state index contributed by atoms with van der Waals surface area (Å²) in [6.07, 6.45) is 5.66. The summed E-state index contributed by atoms with van der Waals surface area (Å²) in [7, 11) is 1.30. The molecule has 1 aromatic heterocycles. The molecule has 0 aromatic carbocycles. The van der Waals surface area contributed by atoms with E-state index in [1.54, 1.807) is 0 Å². The molecule has 1 heterocycles. The van der Waals surface area contributed by atoms with Gasteiger partial charge >= 0.3 is 5.97 Å². The maximum atomic E-state index is 11.5. The number of nitrogen functional groups attached to an aromatic ring is 1. The van der Waals surface area contributed by atoms with E-state index in [1.165, 1.54) is 13.3 Å². The van der Waals surface area contributed by atoms with E-state index in [4.69, 9.17) is 10.5 Å². The highest BCUT2D eigenvalue weighted by atomic mass is 16.5. The molecule has 92 valence electrons. The van der Waals surface area contributed by atoms with Crippen molar-refractivity contribution in [1.82, 2.24) is 9.97 Å². The number of methoxy groups -OCH3 is 1. The number of carbonyl (C=O) groups excluding carboxylic acids is 1. The van der Waals surface area contributed by atoms with Crippen molar-refractivity contribution in [2.75, 3.05) is 12.8 Å². The van der Waals surface area contributed by atoms with Gasteiger partial charge in [-0.25, -0.2) is 9.78 Å². The third-order valence-corrected chi connectivity index (χ3v) is 2.76. The van der Waals surface area contributed by atoms with Crippen molar-refractivity contribution in [2.24, 2.45) is 0 Å². The first-order chi connectivity index (χ1) is 8.20. The van der Waals surface area contributed by atoms with E-state index in [0.717, 1.165) is 25.7 Å². The predicted molar refractivity (Wildman–Crippen MR) is 60.7 cm³/mol. The van der Waals surface area contributed by atoms with Crippen LogP contribution in [0.2, 0.25) is 0 Å². The maximum absolute atomic E-state index is 11.5. The van der Waals surface area contributed by atoms with Crippen molar-refractivity contribution in [3.63, 3.8) is 0 Å². The Morgan fingerprint density at radius 3 is 2.82 bits per heavy atom. The summed E-state index contributed by atoms with van der Waals surface area (Å²) in [6, 6.07) is 0. The maximum Gasteiger partial charge on any atom is 0.344 e. The highest BCUT2D eigenvalue weighted by molar-refractivity contribution is 5.91. The smallest absolute Gasteiger partial charge is 0.344 e. The Hall–Kier alpha value is -1.85. The Morgan fingerprint density at radius 1 is 1.47 bits per heavy atom. The molecule has 1 saturated carbocycles. The van der Waals surface area contributed by atoms with Crippen molar-refractivity contribution >= 4 is 11.9 Å². The average Bonchev–Trinajstić information content (AvgIpc) is 2.81. The summed E-state index contributed by atoms with van der Waals surface area (Å²) in [5, 5.41) is 0. The molecule has 1 aliphatic carbocycles. The van der Waals surface area contributed by atoms with Gasteiger partial charge in [-0.2, -0.15) is 4.98 Å². The van der Waals surface area contributed by atoms with Gasteiger partial charge in [-0.05, 0) is 25.7 Å². The highest BCUT2D eigenvalue weighted by Gasteiger charge is 2.22. The van der Waals surface area contributed by atoms with Crippen LogP contribution in [0.15, 0.2) is 6.20 Å². The van der Waals surface area contributed by atoms with Crippen LogP contribution in [0, 0.1) is 0 Å². The van der Waals surface area contributed by atoms with E-state index >= 15 is 0 Å². The zero-order valence-electron chi connectivity index (χ0n) is 9.68. The summed E-state index contributed by atoms with van der Waals surface area (Å²) in [4.78, 5) is 19.2. The Morgan fingerprint density at radius 2 is 2.18 bits per heavy atom. The number of esters is 1. The van der Waals surface area contributed by atoms with E-state index in [9.17, 15) is 4.79 Å². The fraction of sp³-hybridized carbons (Fsp3) is 0.545. The molecule has 1 aromatic rings. The molecule has 17 heavy (non-hydrogen) atoms. The third kappa shape index (κ3) is 2.64. The lowest BCUT2D eigenvalue weighted by molar-refractivity contribution is 0.0591. The Labute approximate surface area is 99.1 Å². The quantitative estimate of drug-likeness (QED) is 0.794. The summed E-state index contributed by atoms with van der Waals surface area (Å²) < 4.78 is 10.3. The van der Waals surface area contributed by atoms with Crippen LogP contribution in [0.25, 0.3) is 0 Å². The topological polar surface area (TPSA) is 87.3 Å². The van der Waals surface area contributed by atoms with Gasteiger partial charge in [0, 0.05) is 0 Å². The van der Waals surface area contributed by atoms with Crippen LogP contribution in [0.4, 0.5) is 5.95 Å². The molecule has 1 aliphatic rings. The number of carbonyl (C=O) groups is 1. The summed E-state index contributed by atoms with van der Waals surface area (Å²) in [5.74, 6) is -0.208. The molecule has 0 radical (unpaired) electrons. The first-order valence-electron chi connectivity index (χ1n) is 5.58. The van der Waals surface area contributed by atoms with Gasteiger partial charge in [0.05, 0.1) is 13.3 Å². The number of anilines is 1. The second-order valence-corrected chi connectivity index (χ2v) is 3.96. The lowest BCUT2D eigenvalue weighted by atomic mass is 10.3. The first kappa shape index (κ1) is 11.6. The van der Waals surface area contributed by atoms with Gasteiger partial charge in [-0.15, -0.1) is 0 Å². The summed E-state index contributed by atoms with van der Waals surface area (Å²) in [5.41, 5.74) is 5.71. The molecular weight excluding hydrogens is 222 g/mol. The third-order valence-electron chi connectivity index (χ3n) is 2.76. The van der Waals surface area contributed by atoms with Crippen LogP contribution >= 0.6 is 0 Å². The molecule has 0 aliphatic heterocycles. The molecule has 6 heteroatoms. The van der Waals surface area contributed by atoms with Gasteiger partial charge in [-0.1, -0.05) is 0 Å². The average molecular weight is 237 g/mol. The van der Waals surface area contributed by atoms with Crippen LogP contribution < -0.4 is 10.5 Å². The van der Waals surface area contributed by atoms with E-state index in [0.29, 0.717) is 0 Å². The number of hydrogen-bond acceptors (Lipinski definition) is 6. The molecule has 0 atom stereocenters. The minimum absolute atomic E-state index is 0.0886. The number of ether oxygens (including phenoxy) is 2. The molecular formula is C11H15N3O3. The SMILES string of the molecule is COC(=O)c1cnc(N)nc1OC1CCCC1. The lowest BCUT2D eigenvalue weighted by Crippen LogP contribution is -2.16. The first-order valence-corrected chi connectivity index (χ1v) is 5.58. The molecule has 0 spiro atoms. The van der Waals surface area contributed by atoms with Gasteiger partial charge in [0.1, 0.15) is 11.7 Å². The van der Waals surface area contributed by atoms with Gasteiger partial charge < -0.3 is 15.2 Å². The van der Waals surface area contributed by atoms with Gasteiger partial charge in [0.15, 0.2) is 0 Å². The number of hydrogen-bond donors (Lipinski definition) is 1. The number of nitrogens with zero attached hydrogens (tertiary/aromatic N) is 2. The lowest BCUT2D eigenvalue weighted by Gasteiger charge is -2.14. The van der Waals surface area contributed by atoms with Gasteiger partial charge in [0.25, 0.3) is 0 Å². The monoisotopic (exact) mass is 237 g/mol. The van der Waals surface area contributed by atoms with E-state index in [-0.39, 0.29) is 23.5 Å². The molecule has 6 nitrogen and oxygen atoms in total. The van der Waals surface area contributed by atoms with Gasteiger partial charge in [-0.3, -0.25) is 0 Å². The minimum Gasteiger partial charge on any atom is -0.474 e. The molecule has 0 unspecified atom stereocenters. The fourth-order valence-corrected chi connectivity index (χ4v) is 1.88. The minimum atomic E-state index is -0.516. The molecule has 1 fully saturated rings. The van der Waals surface area contributed by atoms with Crippen LogP contribution in [-0.4, -0.2) is 29.2 Å². The molecule has 0 amide bonds. The van der Waals surface area contributed by atoms with Gasteiger partial charge in [0.2, 0.25) is 11.8 Å². The second-order valence-electron chi connectivity index (χ2n) is 3.96. The molecule has 2 N–H and O–H groups in total. The van der Waals surface area contributed by atoms with Crippen LogP contribution in [0.1, 0.15) is 36.0 Å². The van der Waals surface area contributed by atoms with E-state index < -0.39 is 5.97 Å². The predicted octanol–water partition coefficient (Wildman–Crippen LogP) is 1.17. The molecule has 0 saturated heterocycles. The van der Waals surface area contributed by atoms with Crippen molar-refractivity contribution in [1.29, 1.82) is 0 Å². The Balaban J connectivity index is 2.22. The summed E-state index contributed by atoms with van der Waals surface area (Å²) >= 11 is 0. The molecule has 2 rings (SSSR count). The number of rotatable bonds is 3. The number of nitrogens with two attached hydrogens (primary N) is 1. The highest BCUT2D eigenvalue weighted by Crippen LogP contribution is 2.25. The number of aromatic nitrogens is 2. The van der Waals surface area contributed by atoms with E-state index in [1.807, 2.05) is 0 Å².